The predicted octanol–water partition coefficient (Wildman–Crippen LogP) is 3.65. The first kappa shape index (κ1) is 19.5. The minimum atomic E-state index is -0.251. The monoisotopic (exact) mass is 354 g/mol. The smallest absolute Gasteiger partial charge is 0.325 e. The highest BCUT2D eigenvalue weighted by Crippen LogP contribution is 2.20. The molecule has 26 heavy (non-hydrogen) atoms. The molecule has 0 saturated carbocycles. The number of carbonyl (C=O) groups excluding carboxylic acids is 2. The minimum absolute atomic E-state index is 0.121. The Morgan fingerprint density at radius 1 is 1.08 bits per heavy atom. The molecule has 5 nitrogen and oxygen atoms in total. The molecule has 0 heterocycles. The number of hydrogen-bond acceptors (Lipinski definition) is 4. The van der Waals surface area contributed by atoms with Crippen LogP contribution in [0.4, 0.5) is 11.4 Å². The van der Waals surface area contributed by atoms with Crippen molar-refractivity contribution >= 4 is 23.3 Å². The van der Waals surface area contributed by atoms with Crippen molar-refractivity contribution in [3.05, 3.63) is 60.2 Å². The van der Waals surface area contributed by atoms with Crippen LogP contribution in [0.15, 0.2) is 54.6 Å². The molecule has 0 atom stereocenters. The van der Waals surface area contributed by atoms with E-state index in [0.717, 1.165) is 24.2 Å². The van der Waals surface area contributed by atoms with Crippen LogP contribution in [0.1, 0.15) is 25.8 Å². The molecule has 2 rings (SSSR count). The Kier molecular flexibility index (Phi) is 7.68. The first-order chi connectivity index (χ1) is 12.6. The topological polar surface area (TPSA) is 58.6 Å². The van der Waals surface area contributed by atoms with Crippen molar-refractivity contribution in [3.63, 3.8) is 0 Å². The number of rotatable bonds is 9. The normalized spacial score (nSPS) is 10.2. The average molecular weight is 354 g/mol. The van der Waals surface area contributed by atoms with Crippen molar-refractivity contribution in [1.29, 1.82) is 0 Å². The van der Waals surface area contributed by atoms with Crippen molar-refractivity contribution in [2.45, 2.75) is 26.7 Å². The summed E-state index contributed by atoms with van der Waals surface area (Å²) in [7, 11) is 0. The van der Waals surface area contributed by atoms with E-state index in [1.54, 1.807) is 0 Å². The standard InChI is InChI=1S/C21H26N2O3/c1-3-13-23(20-11-7-10-19(15-20)22-17(2)24)16-21(25)26-14-12-18-8-5-4-6-9-18/h4-11,15H,3,12-14,16H2,1-2H3,(H,22,24). The van der Waals surface area contributed by atoms with Crippen LogP contribution in [0.3, 0.4) is 0 Å². The number of hydrogen-bond donors (Lipinski definition) is 1. The van der Waals surface area contributed by atoms with E-state index in [4.69, 9.17) is 4.74 Å². The van der Waals surface area contributed by atoms with E-state index in [2.05, 4.69) is 12.2 Å². The fraction of sp³-hybridized carbons (Fsp3) is 0.333. The number of carbonyl (C=O) groups is 2. The first-order valence-electron chi connectivity index (χ1n) is 8.90. The Morgan fingerprint density at radius 3 is 2.54 bits per heavy atom. The fourth-order valence-electron chi connectivity index (χ4n) is 2.68. The first-order valence-corrected chi connectivity index (χ1v) is 8.90. The third kappa shape index (κ3) is 6.59. The third-order valence-corrected chi connectivity index (χ3v) is 3.84. The van der Waals surface area contributed by atoms with Crippen LogP contribution in [-0.2, 0) is 20.7 Å². The highest BCUT2D eigenvalue weighted by Gasteiger charge is 2.13. The maximum atomic E-state index is 12.2. The zero-order chi connectivity index (χ0) is 18.8. The van der Waals surface area contributed by atoms with Crippen LogP contribution in [0.25, 0.3) is 0 Å². The van der Waals surface area contributed by atoms with Crippen LogP contribution in [0.5, 0.6) is 0 Å². The predicted molar refractivity (Wildman–Crippen MR) is 104 cm³/mol. The molecule has 0 fully saturated rings. The number of esters is 1. The molecule has 0 saturated heterocycles. The Hall–Kier alpha value is -2.82. The molecule has 5 heteroatoms. The van der Waals surface area contributed by atoms with E-state index in [-0.39, 0.29) is 18.4 Å². The highest BCUT2D eigenvalue weighted by atomic mass is 16.5. The molecule has 1 amide bonds. The van der Waals surface area contributed by atoms with E-state index < -0.39 is 0 Å². The largest absolute Gasteiger partial charge is 0.464 e. The molecule has 2 aromatic carbocycles. The van der Waals surface area contributed by atoms with Crippen LogP contribution in [0, 0.1) is 0 Å². The number of nitrogens with zero attached hydrogens (tertiary/aromatic N) is 1. The van der Waals surface area contributed by atoms with Gasteiger partial charge in [0.2, 0.25) is 5.91 Å². The summed E-state index contributed by atoms with van der Waals surface area (Å²) < 4.78 is 5.39. The van der Waals surface area contributed by atoms with Crippen molar-refractivity contribution in [3.8, 4) is 0 Å². The number of amides is 1. The fourth-order valence-corrected chi connectivity index (χ4v) is 2.68. The highest BCUT2D eigenvalue weighted by molar-refractivity contribution is 5.89. The van der Waals surface area contributed by atoms with E-state index >= 15 is 0 Å². The Morgan fingerprint density at radius 2 is 1.85 bits per heavy atom. The molecule has 0 bridgehead atoms. The van der Waals surface area contributed by atoms with Crippen molar-refractivity contribution in [2.75, 3.05) is 29.9 Å². The minimum Gasteiger partial charge on any atom is -0.464 e. The molecule has 138 valence electrons. The summed E-state index contributed by atoms with van der Waals surface area (Å²) in [6, 6.07) is 17.4. The Balaban J connectivity index is 1.92. The summed E-state index contributed by atoms with van der Waals surface area (Å²) >= 11 is 0. The SMILES string of the molecule is CCCN(CC(=O)OCCc1ccccc1)c1cccc(NC(C)=O)c1. The summed E-state index contributed by atoms with van der Waals surface area (Å²) in [5, 5.41) is 2.77. The second kappa shape index (κ2) is 10.2. The number of nitrogens with one attached hydrogen (secondary N) is 1. The second-order valence-corrected chi connectivity index (χ2v) is 6.11. The van der Waals surface area contributed by atoms with Crippen LogP contribution >= 0.6 is 0 Å². The number of benzene rings is 2. The molecule has 1 N–H and O–H groups in total. The molecule has 0 spiro atoms. The van der Waals surface area contributed by atoms with Crippen LogP contribution in [0.2, 0.25) is 0 Å². The third-order valence-electron chi connectivity index (χ3n) is 3.84. The van der Waals surface area contributed by atoms with Gasteiger partial charge in [-0.1, -0.05) is 43.3 Å². The average Bonchev–Trinajstić information content (AvgIpc) is 2.62. The lowest BCUT2D eigenvalue weighted by atomic mass is 10.2. The van der Waals surface area contributed by atoms with Gasteiger partial charge in [0.05, 0.1) is 6.61 Å². The van der Waals surface area contributed by atoms with Gasteiger partial charge in [-0.25, -0.2) is 0 Å². The van der Waals surface area contributed by atoms with E-state index in [1.165, 1.54) is 6.92 Å². The zero-order valence-electron chi connectivity index (χ0n) is 15.4. The molecular formula is C21H26N2O3. The van der Waals surface area contributed by atoms with Gasteiger partial charge in [-0.2, -0.15) is 0 Å². The maximum Gasteiger partial charge on any atom is 0.325 e. The van der Waals surface area contributed by atoms with Gasteiger partial charge in [-0.05, 0) is 30.2 Å². The van der Waals surface area contributed by atoms with Gasteiger partial charge in [0.15, 0.2) is 0 Å². The van der Waals surface area contributed by atoms with Crippen molar-refractivity contribution in [2.24, 2.45) is 0 Å². The molecular weight excluding hydrogens is 328 g/mol. The molecule has 0 aliphatic heterocycles. The van der Waals surface area contributed by atoms with Gasteiger partial charge >= 0.3 is 5.97 Å². The van der Waals surface area contributed by atoms with Gasteiger partial charge in [0, 0.05) is 31.3 Å². The molecule has 0 aromatic heterocycles. The summed E-state index contributed by atoms with van der Waals surface area (Å²) in [4.78, 5) is 25.4. The maximum absolute atomic E-state index is 12.2. The lowest BCUT2D eigenvalue weighted by Gasteiger charge is -2.24. The van der Waals surface area contributed by atoms with Gasteiger partial charge in [-0.15, -0.1) is 0 Å². The summed E-state index contributed by atoms with van der Waals surface area (Å²) in [6.07, 6.45) is 1.61. The van der Waals surface area contributed by atoms with Crippen LogP contribution in [-0.4, -0.2) is 31.6 Å². The molecule has 0 radical (unpaired) electrons. The molecule has 0 aliphatic carbocycles. The lowest BCUT2D eigenvalue weighted by molar-refractivity contribution is -0.141. The van der Waals surface area contributed by atoms with Gasteiger partial charge in [0.25, 0.3) is 0 Å². The second-order valence-electron chi connectivity index (χ2n) is 6.11. The quantitative estimate of drug-likeness (QED) is 0.699. The van der Waals surface area contributed by atoms with E-state index in [9.17, 15) is 9.59 Å². The number of ether oxygens (including phenoxy) is 1. The van der Waals surface area contributed by atoms with Gasteiger partial charge in [-0.3, -0.25) is 9.59 Å². The molecule has 0 aliphatic rings. The number of anilines is 2. The van der Waals surface area contributed by atoms with E-state index in [1.807, 2.05) is 59.5 Å². The molecule has 2 aromatic rings. The van der Waals surface area contributed by atoms with E-state index in [0.29, 0.717) is 18.7 Å². The molecule has 0 unspecified atom stereocenters. The van der Waals surface area contributed by atoms with Crippen molar-refractivity contribution in [1.82, 2.24) is 0 Å². The lowest BCUT2D eigenvalue weighted by Crippen LogP contribution is -2.32. The zero-order valence-corrected chi connectivity index (χ0v) is 15.4. The summed E-state index contributed by atoms with van der Waals surface area (Å²) in [6.45, 7) is 4.82. The van der Waals surface area contributed by atoms with Gasteiger partial charge in [0.1, 0.15) is 6.54 Å². The summed E-state index contributed by atoms with van der Waals surface area (Å²) in [5.41, 5.74) is 2.75. The summed E-state index contributed by atoms with van der Waals surface area (Å²) in [5.74, 6) is -0.371. The Bertz CT molecular complexity index is 716. The van der Waals surface area contributed by atoms with Crippen LogP contribution < -0.4 is 10.2 Å². The van der Waals surface area contributed by atoms with Crippen molar-refractivity contribution < 1.29 is 14.3 Å². The van der Waals surface area contributed by atoms with Gasteiger partial charge < -0.3 is 15.0 Å². The Labute approximate surface area is 155 Å².